The normalized spacial score (nSPS) is 11.7. The standard InChI is InChI=1S/C16H10ClF3N2O3/c17-10-3-6-12-13(7-10)21-15(24)22(14(12)23)8-9-1-4-11(5-2-9)25-16(18,19)20/h1-7H,8H2,(H,21,24). The van der Waals surface area contributed by atoms with Gasteiger partial charge in [0.25, 0.3) is 5.56 Å². The number of H-pyrrole nitrogens is 1. The molecular formula is C16H10ClF3N2O3. The number of halogens is 4. The van der Waals surface area contributed by atoms with Gasteiger partial charge in [-0.2, -0.15) is 0 Å². The number of aromatic nitrogens is 2. The number of ether oxygens (including phenoxy) is 1. The maximum atomic E-state index is 12.4. The Morgan fingerprint density at radius 2 is 1.76 bits per heavy atom. The number of hydrogen-bond donors (Lipinski definition) is 1. The number of rotatable bonds is 3. The Balaban J connectivity index is 1.94. The summed E-state index contributed by atoms with van der Waals surface area (Å²) in [5.41, 5.74) is -0.385. The van der Waals surface area contributed by atoms with Crippen LogP contribution >= 0.6 is 11.6 Å². The lowest BCUT2D eigenvalue weighted by Gasteiger charge is -2.10. The van der Waals surface area contributed by atoms with Gasteiger partial charge in [-0.1, -0.05) is 23.7 Å². The van der Waals surface area contributed by atoms with E-state index in [4.69, 9.17) is 11.6 Å². The molecule has 9 heteroatoms. The number of alkyl halides is 3. The van der Waals surface area contributed by atoms with Crippen LogP contribution in [0.4, 0.5) is 13.2 Å². The molecule has 3 rings (SSSR count). The molecule has 0 saturated heterocycles. The van der Waals surface area contributed by atoms with E-state index in [2.05, 4.69) is 9.72 Å². The minimum absolute atomic E-state index is 0.0982. The first-order valence-corrected chi connectivity index (χ1v) is 7.38. The molecule has 0 aliphatic rings. The first-order valence-electron chi connectivity index (χ1n) is 7.00. The van der Waals surface area contributed by atoms with Crippen LogP contribution in [0.25, 0.3) is 10.9 Å². The third kappa shape index (κ3) is 3.85. The summed E-state index contributed by atoms with van der Waals surface area (Å²) in [4.78, 5) is 27.1. The summed E-state index contributed by atoms with van der Waals surface area (Å²) in [5.74, 6) is -0.384. The molecule has 0 aliphatic heterocycles. The number of benzene rings is 2. The average molecular weight is 371 g/mol. The van der Waals surface area contributed by atoms with Crippen molar-refractivity contribution in [3.8, 4) is 5.75 Å². The summed E-state index contributed by atoms with van der Waals surface area (Å²) < 4.78 is 41.2. The molecular weight excluding hydrogens is 361 g/mol. The second kappa shape index (κ2) is 6.29. The van der Waals surface area contributed by atoms with Gasteiger partial charge in [0.2, 0.25) is 0 Å². The molecule has 130 valence electrons. The molecule has 0 radical (unpaired) electrons. The molecule has 0 spiro atoms. The maximum Gasteiger partial charge on any atom is 0.573 e. The van der Waals surface area contributed by atoms with E-state index in [9.17, 15) is 22.8 Å². The van der Waals surface area contributed by atoms with Gasteiger partial charge in [0.1, 0.15) is 5.75 Å². The maximum absolute atomic E-state index is 12.4. The van der Waals surface area contributed by atoms with Crippen LogP contribution in [0.5, 0.6) is 5.75 Å². The third-order valence-corrected chi connectivity index (χ3v) is 3.68. The van der Waals surface area contributed by atoms with Crippen LogP contribution in [0.15, 0.2) is 52.1 Å². The Labute approximate surface area is 143 Å². The third-order valence-electron chi connectivity index (χ3n) is 3.44. The molecule has 1 aromatic heterocycles. The second-order valence-corrected chi connectivity index (χ2v) is 5.64. The van der Waals surface area contributed by atoms with Crippen molar-refractivity contribution in [2.45, 2.75) is 12.9 Å². The number of hydrogen-bond acceptors (Lipinski definition) is 3. The lowest BCUT2D eigenvalue weighted by molar-refractivity contribution is -0.274. The highest BCUT2D eigenvalue weighted by molar-refractivity contribution is 6.31. The molecule has 0 unspecified atom stereocenters. The highest BCUT2D eigenvalue weighted by Gasteiger charge is 2.30. The SMILES string of the molecule is O=c1[nH]c2cc(Cl)ccc2c(=O)n1Cc1ccc(OC(F)(F)F)cc1. The smallest absolute Gasteiger partial charge is 0.406 e. The molecule has 3 aromatic rings. The first kappa shape index (κ1) is 17.1. The van der Waals surface area contributed by atoms with Crippen molar-refractivity contribution < 1.29 is 17.9 Å². The van der Waals surface area contributed by atoms with Crippen molar-refractivity contribution in [3.63, 3.8) is 0 Å². The van der Waals surface area contributed by atoms with Crippen LogP contribution in [0.1, 0.15) is 5.56 Å². The van der Waals surface area contributed by atoms with Crippen molar-refractivity contribution in [2.24, 2.45) is 0 Å². The van der Waals surface area contributed by atoms with E-state index in [0.717, 1.165) is 16.7 Å². The number of nitrogens with one attached hydrogen (secondary N) is 1. The summed E-state index contributed by atoms with van der Waals surface area (Å²) in [6.07, 6.45) is -4.78. The monoisotopic (exact) mass is 370 g/mol. The minimum atomic E-state index is -4.78. The summed E-state index contributed by atoms with van der Waals surface area (Å²) in [6.45, 7) is -0.0982. The zero-order valence-corrected chi connectivity index (χ0v) is 13.2. The van der Waals surface area contributed by atoms with Gasteiger partial charge < -0.3 is 9.72 Å². The lowest BCUT2D eigenvalue weighted by atomic mass is 10.2. The Morgan fingerprint density at radius 1 is 1.08 bits per heavy atom. The van der Waals surface area contributed by atoms with E-state index in [-0.39, 0.29) is 17.7 Å². The highest BCUT2D eigenvalue weighted by Crippen LogP contribution is 2.22. The Hall–Kier alpha value is -2.74. The largest absolute Gasteiger partial charge is 0.573 e. The molecule has 0 atom stereocenters. The highest BCUT2D eigenvalue weighted by atomic mass is 35.5. The molecule has 25 heavy (non-hydrogen) atoms. The van der Waals surface area contributed by atoms with E-state index in [1.54, 1.807) is 0 Å². The fourth-order valence-electron chi connectivity index (χ4n) is 2.35. The van der Waals surface area contributed by atoms with Crippen LogP contribution in [0.2, 0.25) is 5.02 Å². The zero-order chi connectivity index (χ0) is 18.2. The zero-order valence-electron chi connectivity index (χ0n) is 12.4. The number of aromatic amines is 1. The van der Waals surface area contributed by atoms with Gasteiger partial charge in [-0.15, -0.1) is 13.2 Å². The van der Waals surface area contributed by atoms with Gasteiger partial charge >= 0.3 is 12.1 Å². The van der Waals surface area contributed by atoms with Crippen molar-refractivity contribution in [3.05, 3.63) is 73.9 Å². The van der Waals surface area contributed by atoms with Crippen molar-refractivity contribution in [2.75, 3.05) is 0 Å². The van der Waals surface area contributed by atoms with Crippen LogP contribution in [-0.4, -0.2) is 15.9 Å². The van der Waals surface area contributed by atoms with Gasteiger partial charge in [0.05, 0.1) is 17.4 Å². The molecule has 0 saturated carbocycles. The van der Waals surface area contributed by atoms with Crippen LogP contribution in [-0.2, 0) is 6.54 Å². The fourth-order valence-corrected chi connectivity index (χ4v) is 2.52. The van der Waals surface area contributed by atoms with Crippen molar-refractivity contribution in [1.29, 1.82) is 0 Å². The molecule has 0 aliphatic carbocycles. The topological polar surface area (TPSA) is 64.1 Å². The van der Waals surface area contributed by atoms with Crippen molar-refractivity contribution in [1.82, 2.24) is 9.55 Å². The summed E-state index contributed by atoms with van der Waals surface area (Å²) in [6, 6.07) is 9.40. The van der Waals surface area contributed by atoms with E-state index in [1.807, 2.05) is 0 Å². The van der Waals surface area contributed by atoms with E-state index in [0.29, 0.717) is 16.1 Å². The number of nitrogens with zero attached hydrogens (tertiary/aromatic N) is 1. The lowest BCUT2D eigenvalue weighted by Crippen LogP contribution is -2.35. The molecule has 0 bridgehead atoms. The average Bonchev–Trinajstić information content (AvgIpc) is 2.51. The minimum Gasteiger partial charge on any atom is -0.406 e. The van der Waals surface area contributed by atoms with Gasteiger partial charge in [0.15, 0.2) is 0 Å². The summed E-state index contributed by atoms with van der Waals surface area (Å²) in [7, 11) is 0. The van der Waals surface area contributed by atoms with Gasteiger partial charge in [-0.05, 0) is 35.9 Å². The molecule has 1 heterocycles. The predicted molar refractivity (Wildman–Crippen MR) is 86.1 cm³/mol. The summed E-state index contributed by atoms with van der Waals surface area (Å²) >= 11 is 5.83. The second-order valence-electron chi connectivity index (χ2n) is 5.20. The Bertz CT molecular complexity index is 1040. The van der Waals surface area contributed by atoms with Gasteiger partial charge in [-0.25, -0.2) is 4.79 Å². The molecule has 0 fully saturated rings. The molecule has 2 aromatic carbocycles. The first-order chi connectivity index (χ1) is 11.7. The van der Waals surface area contributed by atoms with Gasteiger partial charge in [0, 0.05) is 5.02 Å². The quantitative estimate of drug-likeness (QED) is 0.769. The predicted octanol–water partition coefficient (Wildman–Crippen LogP) is 3.29. The van der Waals surface area contributed by atoms with E-state index in [1.165, 1.54) is 30.3 Å². The molecule has 5 nitrogen and oxygen atoms in total. The molecule has 1 N–H and O–H groups in total. The van der Waals surface area contributed by atoms with E-state index < -0.39 is 17.6 Å². The van der Waals surface area contributed by atoms with Crippen LogP contribution in [0, 0.1) is 0 Å². The number of fused-ring (bicyclic) bond motifs is 1. The molecule has 0 amide bonds. The Kier molecular flexibility index (Phi) is 4.30. The van der Waals surface area contributed by atoms with Crippen LogP contribution < -0.4 is 16.0 Å². The van der Waals surface area contributed by atoms with Crippen LogP contribution in [0.3, 0.4) is 0 Å². The Morgan fingerprint density at radius 3 is 2.40 bits per heavy atom. The van der Waals surface area contributed by atoms with Gasteiger partial charge in [-0.3, -0.25) is 9.36 Å². The van der Waals surface area contributed by atoms with Crippen molar-refractivity contribution >= 4 is 22.5 Å². The van der Waals surface area contributed by atoms with E-state index >= 15 is 0 Å². The summed E-state index contributed by atoms with van der Waals surface area (Å²) in [5, 5.41) is 0.654. The fraction of sp³-hybridized carbons (Fsp3) is 0.125.